The lowest BCUT2D eigenvalue weighted by molar-refractivity contribution is -0.192. The van der Waals surface area contributed by atoms with Crippen molar-refractivity contribution in [3.63, 3.8) is 0 Å². The van der Waals surface area contributed by atoms with Crippen LogP contribution in [0, 0.1) is 0 Å². The minimum Gasteiger partial charge on any atom is -0.475 e. The lowest BCUT2D eigenvalue weighted by atomic mass is 9.68. The second kappa shape index (κ2) is 10.4. The minimum atomic E-state index is -5.08. The highest BCUT2D eigenvalue weighted by Crippen LogP contribution is 2.50. The van der Waals surface area contributed by atoms with E-state index in [-0.39, 0.29) is 11.9 Å². The molecule has 0 aromatic heterocycles. The molecule has 0 bridgehead atoms. The molecule has 190 valence electrons. The van der Waals surface area contributed by atoms with Crippen LogP contribution in [0.4, 0.5) is 13.2 Å². The molecule has 2 aliphatic rings. The predicted octanol–water partition coefficient (Wildman–Crippen LogP) is 4.12. The fourth-order valence-corrected chi connectivity index (χ4v) is 4.31. The van der Waals surface area contributed by atoms with Crippen LogP contribution >= 0.6 is 0 Å². The molecule has 2 aromatic carbocycles. The lowest BCUT2D eigenvalue weighted by Gasteiger charge is -2.45. The first kappa shape index (κ1) is 26.7. The van der Waals surface area contributed by atoms with E-state index < -0.39 is 23.3 Å². The number of aliphatic carboxylic acids is 1. The van der Waals surface area contributed by atoms with E-state index in [1.54, 1.807) is 7.05 Å². The molecule has 10 heteroatoms. The number of carbonyl (C=O) groups is 2. The molecule has 0 radical (unpaired) electrons. The number of carboxylic acid groups (broad SMARTS) is 1. The Morgan fingerprint density at radius 1 is 1.14 bits per heavy atom. The first-order valence-electron chi connectivity index (χ1n) is 11.1. The van der Waals surface area contributed by atoms with E-state index in [0.29, 0.717) is 13.0 Å². The van der Waals surface area contributed by atoms with Crippen molar-refractivity contribution in [2.24, 2.45) is 10.7 Å². The Morgan fingerprint density at radius 3 is 2.17 bits per heavy atom. The maximum Gasteiger partial charge on any atom is 0.490 e. The summed E-state index contributed by atoms with van der Waals surface area (Å²) in [7, 11) is 1.66. The summed E-state index contributed by atoms with van der Waals surface area (Å²) >= 11 is 0. The summed E-state index contributed by atoms with van der Waals surface area (Å²) in [4.78, 5) is 28.7. The van der Waals surface area contributed by atoms with Crippen LogP contribution in [0.3, 0.4) is 0 Å². The number of allylic oxidation sites excluding steroid dienone is 2. The van der Waals surface area contributed by atoms with Crippen molar-refractivity contribution in [2.45, 2.75) is 30.7 Å². The zero-order valence-electron chi connectivity index (χ0n) is 19.7. The van der Waals surface area contributed by atoms with E-state index in [2.05, 4.69) is 18.2 Å². The van der Waals surface area contributed by atoms with Crippen LogP contribution < -0.4 is 5.73 Å². The molecular weight excluding hydrogens is 475 g/mol. The predicted molar refractivity (Wildman–Crippen MR) is 129 cm³/mol. The van der Waals surface area contributed by atoms with E-state index in [1.165, 1.54) is 4.90 Å². The number of aliphatic imine (C=N–C) groups is 1. The molecule has 1 aliphatic heterocycles. The quantitative estimate of drug-likeness (QED) is 0.641. The number of rotatable bonds is 5. The summed E-state index contributed by atoms with van der Waals surface area (Å²) in [5, 5.41) is 7.12. The number of halogens is 3. The number of hydrogen-bond acceptors (Lipinski definition) is 5. The molecule has 0 saturated carbocycles. The molecule has 1 amide bonds. The van der Waals surface area contributed by atoms with Crippen molar-refractivity contribution < 1.29 is 32.6 Å². The Morgan fingerprint density at radius 2 is 1.69 bits per heavy atom. The smallest absolute Gasteiger partial charge is 0.475 e. The molecule has 2 aromatic rings. The number of ether oxygens (including phenoxy) is 1. The van der Waals surface area contributed by atoms with Crippen molar-refractivity contribution in [1.29, 1.82) is 0 Å². The number of carboxylic acids is 1. The molecule has 0 saturated heterocycles. The van der Waals surface area contributed by atoms with Gasteiger partial charge in [0.05, 0.1) is 0 Å². The summed E-state index contributed by atoms with van der Waals surface area (Å²) < 4.78 is 38.1. The molecule has 3 N–H and O–H groups in total. The summed E-state index contributed by atoms with van der Waals surface area (Å²) in [6.07, 6.45) is 1.42. The van der Waals surface area contributed by atoms with Gasteiger partial charge in [-0.1, -0.05) is 72.8 Å². The highest BCUT2D eigenvalue weighted by Gasteiger charge is 2.62. The van der Waals surface area contributed by atoms with Gasteiger partial charge in [0.1, 0.15) is 5.60 Å². The van der Waals surface area contributed by atoms with Crippen molar-refractivity contribution in [2.75, 3.05) is 13.7 Å². The molecule has 0 fully saturated rings. The van der Waals surface area contributed by atoms with E-state index in [1.807, 2.05) is 67.6 Å². The highest BCUT2D eigenvalue weighted by molar-refractivity contribution is 6.08. The molecule has 7 nitrogen and oxygen atoms in total. The third kappa shape index (κ3) is 4.90. The van der Waals surface area contributed by atoms with E-state index in [9.17, 15) is 18.0 Å². The van der Waals surface area contributed by atoms with Gasteiger partial charge in [0.15, 0.2) is 5.96 Å². The third-order valence-electron chi connectivity index (χ3n) is 5.95. The first-order valence-corrected chi connectivity index (χ1v) is 11.1. The van der Waals surface area contributed by atoms with Gasteiger partial charge in [-0.3, -0.25) is 9.69 Å². The summed E-state index contributed by atoms with van der Waals surface area (Å²) in [5.74, 6) is -2.75. The van der Waals surface area contributed by atoms with Gasteiger partial charge in [-0.15, -0.1) is 0 Å². The fourth-order valence-electron chi connectivity index (χ4n) is 4.31. The van der Waals surface area contributed by atoms with Gasteiger partial charge in [-0.05, 0) is 29.7 Å². The molecule has 36 heavy (non-hydrogen) atoms. The molecule has 1 heterocycles. The van der Waals surface area contributed by atoms with Crippen LogP contribution in [0.5, 0.6) is 0 Å². The molecule has 2 unspecified atom stereocenters. The van der Waals surface area contributed by atoms with E-state index in [0.717, 1.165) is 16.7 Å². The number of amides is 1. The SMILES string of the molecule is CCOC1(C2(c3ccccc3)N=C(N)N(C)C2=O)C=CC=C(c2ccccc2)C1.O=C(O)C(F)(F)F. The summed E-state index contributed by atoms with van der Waals surface area (Å²) in [6, 6.07) is 19.7. The van der Waals surface area contributed by atoms with E-state index >= 15 is 0 Å². The van der Waals surface area contributed by atoms with Crippen LogP contribution in [0.1, 0.15) is 24.5 Å². The molecule has 2 atom stereocenters. The Hall–Kier alpha value is -3.92. The second-order valence-electron chi connectivity index (χ2n) is 8.13. The van der Waals surface area contributed by atoms with Crippen molar-refractivity contribution >= 4 is 23.4 Å². The average molecular weight is 502 g/mol. The summed E-state index contributed by atoms with van der Waals surface area (Å²) in [6.45, 7) is 2.37. The van der Waals surface area contributed by atoms with Gasteiger partial charge < -0.3 is 15.6 Å². The number of alkyl halides is 3. The molecule has 1 aliphatic carbocycles. The Labute approximate surface area is 206 Å². The number of benzene rings is 2. The van der Waals surface area contributed by atoms with Gasteiger partial charge in [0, 0.05) is 20.1 Å². The monoisotopic (exact) mass is 501 g/mol. The third-order valence-corrected chi connectivity index (χ3v) is 5.95. The first-order chi connectivity index (χ1) is 17.0. The number of guanidine groups is 1. The largest absolute Gasteiger partial charge is 0.490 e. The van der Waals surface area contributed by atoms with Gasteiger partial charge in [-0.2, -0.15) is 13.2 Å². The van der Waals surface area contributed by atoms with Gasteiger partial charge in [-0.25, -0.2) is 9.79 Å². The average Bonchev–Trinajstić information content (AvgIpc) is 3.10. The summed E-state index contributed by atoms with van der Waals surface area (Å²) in [5.41, 5.74) is 6.83. The number of hydrogen-bond donors (Lipinski definition) is 2. The topological polar surface area (TPSA) is 105 Å². The zero-order valence-corrected chi connectivity index (χ0v) is 19.7. The van der Waals surface area contributed by atoms with Crippen molar-refractivity contribution in [1.82, 2.24) is 4.90 Å². The van der Waals surface area contributed by atoms with Crippen LogP contribution in [-0.2, 0) is 19.9 Å². The molecule has 0 spiro atoms. The van der Waals surface area contributed by atoms with E-state index in [4.69, 9.17) is 25.4 Å². The van der Waals surface area contributed by atoms with Gasteiger partial charge >= 0.3 is 12.1 Å². The second-order valence-corrected chi connectivity index (χ2v) is 8.13. The van der Waals surface area contributed by atoms with Crippen molar-refractivity contribution in [3.05, 3.63) is 90.0 Å². The number of carbonyl (C=O) groups excluding carboxylic acids is 1. The number of nitrogens with zero attached hydrogens (tertiary/aromatic N) is 2. The van der Waals surface area contributed by atoms with Gasteiger partial charge in [0.2, 0.25) is 5.54 Å². The number of likely N-dealkylation sites (N-methyl/N-ethyl adjacent to an activating group) is 1. The maximum absolute atomic E-state index is 13.7. The minimum absolute atomic E-state index is 0.186. The lowest BCUT2D eigenvalue weighted by Crippen LogP contribution is -2.57. The maximum atomic E-state index is 13.7. The van der Waals surface area contributed by atoms with Crippen LogP contribution in [-0.4, -0.2) is 53.3 Å². The molecular formula is C26H26F3N3O4. The van der Waals surface area contributed by atoms with Crippen LogP contribution in [0.15, 0.2) is 83.9 Å². The molecule has 4 rings (SSSR count). The zero-order chi connectivity index (χ0) is 26.6. The fraction of sp³-hybridized carbons (Fsp3) is 0.269. The number of nitrogens with two attached hydrogens (primary N) is 1. The van der Waals surface area contributed by atoms with Crippen LogP contribution in [0.25, 0.3) is 5.57 Å². The Bertz CT molecular complexity index is 1200. The Kier molecular flexibility index (Phi) is 7.68. The highest BCUT2D eigenvalue weighted by atomic mass is 19.4. The van der Waals surface area contributed by atoms with Gasteiger partial charge in [0.25, 0.3) is 5.91 Å². The Balaban J connectivity index is 0.000000454. The normalized spacial score (nSPS) is 23.5. The van der Waals surface area contributed by atoms with Crippen LogP contribution in [0.2, 0.25) is 0 Å². The van der Waals surface area contributed by atoms with Crippen molar-refractivity contribution in [3.8, 4) is 0 Å². The standard InChI is InChI=1S/C24H25N3O2.C2HF3O2/c1-3-29-23(16-10-13-19(17-23)18-11-6-4-7-12-18)24(20-14-8-5-9-15-20)21(28)27(2)22(25)26-24;3-2(4,5)1(6)7/h4-16H,3,17H2,1-2H3,(H2,25,26);(H,6,7).